The van der Waals surface area contributed by atoms with Crippen LogP contribution in [0.2, 0.25) is 0 Å². The molecule has 2 rings (SSSR count). The summed E-state index contributed by atoms with van der Waals surface area (Å²) in [5.41, 5.74) is 2.86. The molecule has 2 heteroatoms. The van der Waals surface area contributed by atoms with Crippen LogP contribution in [0.5, 0.6) is 0 Å². The fourth-order valence-electron chi connectivity index (χ4n) is 3.04. The molecule has 1 saturated heterocycles. The van der Waals surface area contributed by atoms with E-state index >= 15 is 0 Å². The van der Waals surface area contributed by atoms with Crippen molar-refractivity contribution < 1.29 is 0 Å². The summed E-state index contributed by atoms with van der Waals surface area (Å²) < 4.78 is 0. The molecule has 1 fully saturated rings. The molecular weight excluding hydrogens is 232 g/mol. The van der Waals surface area contributed by atoms with Crippen molar-refractivity contribution in [2.75, 3.05) is 24.5 Å². The van der Waals surface area contributed by atoms with Gasteiger partial charge in [-0.05, 0) is 43.4 Å². The Morgan fingerprint density at radius 3 is 2.68 bits per heavy atom. The molecule has 1 aliphatic heterocycles. The SMILES string of the molecule is CCNC(C)c1ccccc1N1CCC(C)C(C)C1. The summed E-state index contributed by atoms with van der Waals surface area (Å²) in [6.45, 7) is 12.6. The second-order valence-electron chi connectivity index (χ2n) is 6.03. The van der Waals surface area contributed by atoms with E-state index in [0.717, 1.165) is 18.4 Å². The van der Waals surface area contributed by atoms with Gasteiger partial charge in [-0.3, -0.25) is 0 Å². The minimum Gasteiger partial charge on any atom is -0.371 e. The monoisotopic (exact) mass is 260 g/mol. The third-order valence-electron chi connectivity index (χ3n) is 4.59. The smallest absolute Gasteiger partial charge is 0.0414 e. The van der Waals surface area contributed by atoms with Gasteiger partial charge in [-0.2, -0.15) is 0 Å². The molecule has 106 valence electrons. The molecule has 2 nitrogen and oxygen atoms in total. The number of benzene rings is 1. The van der Waals surface area contributed by atoms with E-state index in [9.17, 15) is 0 Å². The summed E-state index contributed by atoms with van der Waals surface area (Å²) in [4.78, 5) is 2.58. The molecule has 1 aromatic carbocycles. The summed E-state index contributed by atoms with van der Waals surface area (Å²) in [6, 6.07) is 9.30. The number of anilines is 1. The van der Waals surface area contributed by atoms with Gasteiger partial charge in [-0.15, -0.1) is 0 Å². The zero-order valence-electron chi connectivity index (χ0n) is 12.8. The summed E-state index contributed by atoms with van der Waals surface area (Å²) in [7, 11) is 0. The van der Waals surface area contributed by atoms with Gasteiger partial charge in [0.25, 0.3) is 0 Å². The number of piperidine rings is 1. The van der Waals surface area contributed by atoms with E-state index in [1.54, 1.807) is 0 Å². The lowest BCUT2D eigenvalue weighted by atomic mass is 9.88. The summed E-state index contributed by atoms with van der Waals surface area (Å²) in [6.07, 6.45) is 1.31. The average molecular weight is 260 g/mol. The lowest BCUT2D eigenvalue weighted by molar-refractivity contribution is 0.323. The Morgan fingerprint density at radius 2 is 2.00 bits per heavy atom. The molecule has 0 amide bonds. The van der Waals surface area contributed by atoms with E-state index in [1.165, 1.54) is 30.8 Å². The van der Waals surface area contributed by atoms with E-state index in [2.05, 4.69) is 62.2 Å². The number of para-hydroxylation sites is 1. The molecular formula is C17H28N2. The predicted octanol–water partition coefficient (Wildman–Crippen LogP) is 3.84. The molecule has 0 spiro atoms. The van der Waals surface area contributed by atoms with Crippen LogP contribution in [-0.2, 0) is 0 Å². The Labute approximate surface area is 118 Å². The van der Waals surface area contributed by atoms with E-state index in [1.807, 2.05) is 0 Å². The van der Waals surface area contributed by atoms with Crippen LogP contribution >= 0.6 is 0 Å². The van der Waals surface area contributed by atoms with Gasteiger partial charge in [0.05, 0.1) is 0 Å². The van der Waals surface area contributed by atoms with Crippen LogP contribution in [0.3, 0.4) is 0 Å². The first-order valence-electron chi connectivity index (χ1n) is 7.70. The fraction of sp³-hybridized carbons (Fsp3) is 0.647. The van der Waals surface area contributed by atoms with Crippen LogP contribution in [-0.4, -0.2) is 19.6 Å². The van der Waals surface area contributed by atoms with Gasteiger partial charge in [-0.25, -0.2) is 0 Å². The van der Waals surface area contributed by atoms with Crippen LogP contribution in [0.4, 0.5) is 5.69 Å². The van der Waals surface area contributed by atoms with E-state index < -0.39 is 0 Å². The predicted molar refractivity (Wildman–Crippen MR) is 83.7 cm³/mol. The molecule has 0 saturated carbocycles. The summed E-state index contributed by atoms with van der Waals surface area (Å²) in [5.74, 6) is 1.64. The van der Waals surface area contributed by atoms with Gasteiger partial charge in [0, 0.05) is 24.8 Å². The van der Waals surface area contributed by atoms with Crippen molar-refractivity contribution in [1.82, 2.24) is 5.32 Å². The first-order chi connectivity index (χ1) is 9.13. The number of hydrogen-bond donors (Lipinski definition) is 1. The van der Waals surface area contributed by atoms with Crippen molar-refractivity contribution in [2.45, 2.75) is 40.2 Å². The quantitative estimate of drug-likeness (QED) is 0.885. The summed E-state index contributed by atoms with van der Waals surface area (Å²) in [5, 5.41) is 3.53. The Balaban J connectivity index is 2.20. The largest absolute Gasteiger partial charge is 0.371 e. The van der Waals surface area contributed by atoms with Crippen molar-refractivity contribution >= 4 is 5.69 Å². The van der Waals surface area contributed by atoms with Gasteiger partial charge >= 0.3 is 0 Å². The lowest BCUT2D eigenvalue weighted by Crippen LogP contribution is -2.39. The second-order valence-corrected chi connectivity index (χ2v) is 6.03. The Morgan fingerprint density at radius 1 is 1.26 bits per heavy atom. The molecule has 0 bridgehead atoms. The van der Waals surface area contributed by atoms with Gasteiger partial charge in [0.15, 0.2) is 0 Å². The number of hydrogen-bond acceptors (Lipinski definition) is 2. The van der Waals surface area contributed by atoms with Crippen LogP contribution in [0.25, 0.3) is 0 Å². The maximum atomic E-state index is 3.53. The molecule has 0 radical (unpaired) electrons. The first kappa shape index (κ1) is 14.4. The second kappa shape index (κ2) is 6.42. The van der Waals surface area contributed by atoms with E-state index in [0.29, 0.717) is 6.04 Å². The normalized spacial score (nSPS) is 25.4. The Kier molecular flexibility index (Phi) is 4.87. The van der Waals surface area contributed by atoms with Crippen LogP contribution in [0.15, 0.2) is 24.3 Å². The zero-order chi connectivity index (χ0) is 13.8. The highest BCUT2D eigenvalue weighted by molar-refractivity contribution is 5.55. The highest BCUT2D eigenvalue weighted by Gasteiger charge is 2.24. The van der Waals surface area contributed by atoms with E-state index in [4.69, 9.17) is 0 Å². The van der Waals surface area contributed by atoms with Crippen molar-refractivity contribution in [3.63, 3.8) is 0 Å². The lowest BCUT2D eigenvalue weighted by Gasteiger charge is -2.38. The molecule has 1 N–H and O–H groups in total. The minimum absolute atomic E-state index is 0.427. The molecule has 19 heavy (non-hydrogen) atoms. The van der Waals surface area contributed by atoms with Gasteiger partial charge in [0.1, 0.15) is 0 Å². The maximum absolute atomic E-state index is 3.53. The van der Waals surface area contributed by atoms with Crippen LogP contribution < -0.4 is 10.2 Å². The standard InChI is InChI=1S/C17H28N2/c1-5-18-15(4)16-8-6-7-9-17(16)19-11-10-13(2)14(3)12-19/h6-9,13-15,18H,5,10-12H2,1-4H3. The fourth-order valence-corrected chi connectivity index (χ4v) is 3.04. The zero-order valence-corrected chi connectivity index (χ0v) is 12.8. The highest BCUT2D eigenvalue weighted by atomic mass is 15.1. The van der Waals surface area contributed by atoms with Crippen molar-refractivity contribution in [1.29, 1.82) is 0 Å². The third kappa shape index (κ3) is 3.30. The number of nitrogens with one attached hydrogen (secondary N) is 1. The van der Waals surface area contributed by atoms with Crippen molar-refractivity contribution in [2.24, 2.45) is 11.8 Å². The molecule has 1 aliphatic rings. The molecule has 0 aromatic heterocycles. The van der Waals surface area contributed by atoms with Crippen molar-refractivity contribution in [3.05, 3.63) is 29.8 Å². The molecule has 1 heterocycles. The average Bonchev–Trinajstić information content (AvgIpc) is 2.42. The molecule has 1 aromatic rings. The van der Waals surface area contributed by atoms with Crippen LogP contribution in [0, 0.1) is 11.8 Å². The number of rotatable bonds is 4. The Hall–Kier alpha value is -1.02. The summed E-state index contributed by atoms with van der Waals surface area (Å²) >= 11 is 0. The topological polar surface area (TPSA) is 15.3 Å². The van der Waals surface area contributed by atoms with Gasteiger partial charge in [-0.1, -0.05) is 39.0 Å². The molecule has 0 aliphatic carbocycles. The third-order valence-corrected chi connectivity index (χ3v) is 4.59. The first-order valence-corrected chi connectivity index (χ1v) is 7.70. The maximum Gasteiger partial charge on any atom is 0.0414 e. The van der Waals surface area contributed by atoms with Crippen molar-refractivity contribution in [3.8, 4) is 0 Å². The Bertz CT molecular complexity index is 402. The minimum atomic E-state index is 0.427. The van der Waals surface area contributed by atoms with Crippen LogP contribution in [0.1, 0.15) is 45.7 Å². The molecule has 3 atom stereocenters. The highest BCUT2D eigenvalue weighted by Crippen LogP contribution is 2.31. The number of nitrogens with zero attached hydrogens (tertiary/aromatic N) is 1. The molecule has 3 unspecified atom stereocenters. The van der Waals surface area contributed by atoms with Gasteiger partial charge < -0.3 is 10.2 Å². The van der Waals surface area contributed by atoms with Gasteiger partial charge in [0.2, 0.25) is 0 Å². The van der Waals surface area contributed by atoms with E-state index in [-0.39, 0.29) is 0 Å².